The first kappa shape index (κ1) is 15.9. The Morgan fingerprint density at radius 3 is 2.00 bits per heavy atom. The summed E-state index contributed by atoms with van der Waals surface area (Å²) in [5.41, 5.74) is 0. The third-order valence-electron chi connectivity index (χ3n) is 3.20. The molecule has 2 atom stereocenters. The summed E-state index contributed by atoms with van der Waals surface area (Å²) in [6.45, 7) is 7.68. The standard InChI is InChI=1S/C13H24O4/c1-5-9(4)17-13(16)11(12(14)15)8-10(6-2)7-3/h9-11H,5-8H2,1-4H3,(H,14,15). The number of esters is 1. The molecule has 0 spiro atoms. The molecule has 4 nitrogen and oxygen atoms in total. The van der Waals surface area contributed by atoms with Gasteiger partial charge in [0, 0.05) is 0 Å². The molecule has 0 saturated carbocycles. The molecule has 17 heavy (non-hydrogen) atoms. The Labute approximate surface area is 103 Å². The van der Waals surface area contributed by atoms with Crippen molar-refractivity contribution < 1.29 is 19.4 Å². The molecule has 0 fully saturated rings. The average molecular weight is 244 g/mol. The minimum atomic E-state index is -1.08. The van der Waals surface area contributed by atoms with Gasteiger partial charge in [-0.1, -0.05) is 33.6 Å². The van der Waals surface area contributed by atoms with E-state index in [4.69, 9.17) is 9.84 Å². The van der Waals surface area contributed by atoms with E-state index >= 15 is 0 Å². The Kier molecular flexibility index (Phi) is 7.59. The van der Waals surface area contributed by atoms with Crippen LogP contribution in [0.5, 0.6) is 0 Å². The average Bonchev–Trinajstić information content (AvgIpc) is 2.29. The summed E-state index contributed by atoms with van der Waals surface area (Å²) in [6, 6.07) is 0. The van der Waals surface area contributed by atoms with Crippen molar-refractivity contribution in [1.82, 2.24) is 0 Å². The monoisotopic (exact) mass is 244 g/mol. The van der Waals surface area contributed by atoms with Gasteiger partial charge in [-0.05, 0) is 25.7 Å². The van der Waals surface area contributed by atoms with Crippen LogP contribution < -0.4 is 0 Å². The second kappa shape index (κ2) is 8.09. The zero-order valence-corrected chi connectivity index (χ0v) is 11.2. The lowest BCUT2D eigenvalue weighted by Gasteiger charge is -2.19. The van der Waals surface area contributed by atoms with E-state index in [2.05, 4.69) is 0 Å². The van der Waals surface area contributed by atoms with Gasteiger partial charge < -0.3 is 9.84 Å². The maximum absolute atomic E-state index is 11.7. The number of carboxylic acids is 1. The van der Waals surface area contributed by atoms with Crippen LogP contribution in [0, 0.1) is 11.8 Å². The number of ether oxygens (including phenoxy) is 1. The molecular formula is C13H24O4. The fourth-order valence-electron chi connectivity index (χ4n) is 1.62. The van der Waals surface area contributed by atoms with E-state index in [1.165, 1.54) is 0 Å². The van der Waals surface area contributed by atoms with Gasteiger partial charge in [-0.2, -0.15) is 0 Å². The topological polar surface area (TPSA) is 63.6 Å². The molecule has 0 aromatic heterocycles. The molecule has 0 aliphatic rings. The van der Waals surface area contributed by atoms with Crippen LogP contribution in [0.4, 0.5) is 0 Å². The molecule has 100 valence electrons. The highest BCUT2D eigenvalue weighted by atomic mass is 16.5. The smallest absolute Gasteiger partial charge is 0.320 e. The normalized spacial score (nSPS) is 14.4. The number of carbonyl (C=O) groups excluding carboxylic acids is 1. The number of carboxylic acid groups (broad SMARTS) is 1. The van der Waals surface area contributed by atoms with Gasteiger partial charge in [0.2, 0.25) is 0 Å². The van der Waals surface area contributed by atoms with Crippen LogP contribution in [-0.2, 0) is 14.3 Å². The van der Waals surface area contributed by atoms with Gasteiger partial charge in [0.05, 0.1) is 6.10 Å². The first-order valence-electron chi connectivity index (χ1n) is 6.39. The fraction of sp³-hybridized carbons (Fsp3) is 0.846. The quantitative estimate of drug-likeness (QED) is 0.526. The number of rotatable bonds is 8. The van der Waals surface area contributed by atoms with Crippen LogP contribution in [0.2, 0.25) is 0 Å². The summed E-state index contributed by atoms with van der Waals surface area (Å²) in [5, 5.41) is 9.07. The van der Waals surface area contributed by atoms with Crippen molar-refractivity contribution >= 4 is 11.9 Å². The first-order valence-corrected chi connectivity index (χ1v) is 6.39. The summed E-state index contributed by atoms with van der Waals surface area (Å²) < 4.78 is 5.09. The summed E-state index contributed by atoms with van der Waals surface area (Å²) >= 11 is 0. The van der Waals surface area contributed by atoms with Crippen LogP contribution in [0.1, 0.15) is 53.4 Å². The second-order valence-corrected chi connectivity index (χ2v) is 4.46. The van der Waals surface area contributed by atoms with E-state index in [0.29, 0.717) is 12.8 Å². The van der Waals surface area contributed by atoms with Crippen LogP contribution in [-0.4, -0.2) is 23.1 Å². The van der Waals surface area contributed by atoms with Gasteiger partial charge in [-0.25, -0.2) is 0 Å². The molecule has 4 heteroatoms. The van der Waals surface area contributed by atoms with Gasteiger partial charge in [-0.3, -0.25) is 9.59 Å². The van der Waals surface area contributed by atoms with E-state index in [9.17, 15) is 9.59 Å². The van der Waals surface area contributed by atoms with Crippen LogP contribution in [0.25, 0.3) is 0 Å². The van der Waals surface area contributed by atoms with Crippen LogP contribution in [0.15, 0.2) is 0 Å². The van der Waals surface area contributed by atoms with Gasteiger partial charge in [-0.15, -0.1) is 0 Å². The van der Waals surface area contributed by atoms with Gasteiger partial charge in [0.15, 0.2) is 5.92 Å². The lowest BCUT2D eigenvalue weighted by Crippen LogP contribution is -2.30. The largest absolute Gasteiger partial charge is 0.481 e. The van der Waals surface area contributed by atoms with Crippen LogP contribution in [0.3, 0.4) is 0 Å². The molecule has 0 aromatic rings. The molecule has 0 bridgehead atoms. The van der Waals surface area contributed by atoms with Crippen molar-refractivity contribution in [3.63, 3.8) is 0 Å². The van der Waals surface area contributed by atoms with E-state index in [1.807, 2.05) is 20.8 Å². The second-order valence-electron chi connectivity index (χ2n) is 4.46. The van der Waals surface area contributed by atoms with Crippen molar-refractivity contribution in [2.75, 3.05) is 0 Å². The van der Waals surface area contributed by atoms with Crippen LogP contribution >= 0.6 is 0 Å². The van der Waals surface area contributed by atoms with E-state index in [-0.39, 0.29) is 12.0 Å². The van der Waals surface area contributed by atoms with E-state index < -0.39 is 17.9 Å². The Hall–Kier alpha value is -1.06. The molecule has 0 aliphatic carbocycles. The van der Waals surface area contributed by atoms with Crippen molar-refractivity contribution in [3.05, 3.63) is 0 Å². The van der Waals surface area contributed by atoms with Crippen molar-refractivity contribution in [2.45, 2.75) is 59.5 Å². The highest BCUT2D eigenvalue weighted by molar-refractivity contribution is 5.93. The Morgan fingerprint density at radius 1 is 1.12 bits per heavy atom. The molecule has 0 aromatic carbocycles. The van der Waals surface area contributed by atoms with Gasteiger partial charge in [0.1, 0.15) is 0 Å². The minimum Gasteiger partial charge on any atom is -0.481 e. The third-order valence-corrected chi connectivity index (χ3v) is 3.20. The predicted molar refractivity (Wildman–Crippen MR) is 65.7 cm³/mol. The molecular weight excluding hydrogens is 220 g/mol. The lowest BCUT2D eigenvalue weighted by molar-refractivity contribution is -0.162. The minimum absolute atomic E-state index is 0.217. The zero-order valence-electron chi connectivity index (χ0n) is 11.2. The maximum atomic E-state index is 11.7. The summed E-state index contributed by atoms with van der Waals surface area (Å²) in [4.78, 5) is 22.8. The number of aliphatic carboxylic acids is 1. The molecule has 0 rings (SSSR count). The highest BCUT2D eigenvalue weighted by Crippen LogP contribution is 2.21. The Morgan fingerprint density at radius 2 is 1.65 bits per heavy atom. The van der Waals surface area contributed by atoms with Crippen molar-refractivity contribution in [2.24, 2.45) is 11.8 Å². The maximum Gasteiger partial charge on any atom is 0.320 e. The predicted octanol–water partition coefficient (Wildman–Crippen LogP) is 2.86. The SMILES string of the molecule is CCC(CC)CC(C(=O)O)C(=O)OC(C)CC. The molecule has 0 amide bonds. The van der Waals surface area contributed by atoms with Gasteiger partial charge >= 0.3 is 11.9 Å². The molecule has 0 heterocycles. The summed E-state index contributed by atoms with van der Waals surface area (Å²) in [6.07, 6.45) is 2.63. The first-order chi connectivity index (χ1) is 7.96. The molecule has 0 saturated heterocycles. The lowest BCUT2D eigenvalue weighted by atomic mass is 9.90. The number of carbonyl (C=O) groups is 2. The van der Waals surface area contributed by atoms with E-state index in [0.717, 1.165) is 12.8 Å². The third kappa shape index (κ3) is 5.71. The number of hydrogen-bond donors (Lipinski definition) is 1. The van der Waals surface area contributed by atoms with Crippen molar-refractivity contribution in [1.29, 1.82) is 0 Å². The summed E-state index contributed by atoms with van der Waals surface area (Å²) in [5.74, 6) is -2.43. The Bertz CT molecular complexity index is 246. The molecule has 2 unspecified atom stereocenters. The number of hydrogen-bond acceptors (Lipinski definition) is 3. The Balaban J connectivity index is 4.51. The molecule has 0 aliphatic heterocycles. The molecule has 0 radical (unpaired) electrons. The summed E-state index contributed by atoms with van der Waals surface area (Å²) in [7, 11) is 0. The van der Waals surface area contributed by atoms with Gasteiger partial charge in [0.25, 0.3) is 0 Å². The fourth-order valence-corrected chi connectivity index (χ4v) is 1.62. The van der Waals surface area contributed by atoms with Crippen molar-refractivity contribution in [3.8, 4) is 0 Å². The van der Waals surface area contributed by atoms with E-state index in [1.54, 1.807) is 6.92 Å². The molecule has 1 N–H and O–H groups in total. The highest BCUT2D eigenvalue weighted by Gasteiger charge is 2.30. The zero-order chi connectivity index (χ0) is 13.4.